The molecule has 0 aliphatic heterocycles. The van der Waals surface area contributed by atoms with Gasteiger partial charge in [-0.25, -0.2) is 4.79 Å². The average Bonchev–Trinajstić information content (AvgIpc) is 2.63. The lowest BCUT2D eigenvalue weighted by molar-refractivity contribution is -0.402. The van der Waals surface area contributed by atoms with Crippen LogP contribution in [0, 0.1) is 10.1 Å². The van der Waals surface area contributed by atoms with Crippen LogP contribution in [0.15, 0.2) is 60.8 Å². The summed E-state index contributed by atoms with van der Waals surface area (Å²) in [5.41, 5.74) is 0. The van der Waals surface area contributed by atoms with E-state index in [1.165, 1.54) is 0 Å². The second-order valence-electron chi connectivity index (χ2n) is 5.96. The molecule has 0 atom stereocenters. The Hall–Kier alpha value is -2.23. The average molecular weight is 360 g/mol. The number of amides is 1. The van der Waals surface area contributed by atoms with Crippen LogP contribution in [-0.2, 0) is 4.79 Å². The zero-order valence-corrected chi connectivity index (χ0v) is 16.0. The summed E-state index contributed by atoms with van der Waals surface area (Å²) >= 11 is 0. The zero-order valence-electron chi connectivity index (χ0n) is 16.0. The molecule has 0 aliphatic carbocycles. The van der Waals surface area contributed by atoms with Crippen molar-refractivity contribution in [1.82, 2.24) is 0 Å². The SMILES string of the molecule is CCC=CCC=CCC=CCC=CCC=CCCCCCC(=O)[N+](=O)[O-]. The molecule has 0 bridgehead atoms. The van der Waals surface area contributed by atoms with E-state index in [2.05, 4.69) is 67.7 Å². The van der Waals surface area contributed by atoms with E-state index in [9.17, 15) is 14.9 Å². The molecule has 0 aliphatic rings. The molecule has 0 aromatic heterocycles. The second-order valence-corrected chi connectivity index (χ2v) is 5.96. The number of carbonyl (C=O) groups excluding carboxylic acids is 1. The number of nitrogens with zero attached hydrogens (tertiary/aromatic N) is 1. The van der Waals surface area contributed by atoms with Gasteiger partial charge in [-0.3, -0.25) is 10.1 Å². The third kappa shape index (κ3) is 18.1. The van der Waals surface area contributed by atoms with Gasteiger partial charge < -0.3 is 0 Å². The Morgan fingerprint density at radius 3 is 1.65 bits per heavy atom. The highest BCUT2D eigenvalue weighted by molar-refractivity contribution is 5.66. The number of hydrogen-bond acceptors (Lipinski definition) is 3. The molecule has 0 aromatic carbocycles. The predicted molar refractivity (Wildman–Crippen MR) is 110 cm³/mol. The van der Waals surface area contributed by atoms with Gasteiger partial charge >= 0.3 is 5.91 Å². The Bertz CT molecular complexity index is 513. The number of carbonyl (C=O) groups is 1. The van der Waals surface area contributed by atoms with Crippen molar-refractivity contribution in [1.29, 1.82) is 0 Å². The summed E-state index contributed by atoms with van der Waals surface area (Å²) in [6.45, 7) is 2.14. The maximum absolute atomic E-state index is 10.8. The topological polar surface area (TPSA) is 60.2 Å². The number of rotatable bonds is 15. The highest BCUT2D eigenvalue weighted by atomic mass is 16.6. The second kappa shape index (κ2) is 19.1. The zero-order chi connectivity index (χ0) is 19.3. The molecule has 1 amide bonds. The highest BCUT2D eigenvalue weighted by Crippen LogP contribution is 2.05. The molecular weight excluding hydrogens is 326 g/mol. The standard InChI is InChI=1S/C22H33NO3/c1-2-3-4-5-6-7-8-9-10-11-12-13-14-15-16-17-18-19-20-21-22(24)23(25)26/h3-4,6-7,9-10,12-13,15-16H,2,5,8,11,14,17-21H2,1H3. The maximum atomic E-state index is 10.8. The lowest BCUT2D eigenvalue weighted by Gasteiger charge is -1.94. The summed E-state index contributed by atoms with van der Waals surface area (Å²) in [7, 11) is 0. The third-order valence-corrected chi connectivity index (χ3v) is 3.62. The van der Waals surface area contributed by atoms with Crippen molar-refractivity contribution in [2.24, 2.45) is 0 Å². The van der Waals surface area contributed by atoms with Crippen LogP contribution in [0.5, 0.6) is 0 Å². The Kier molecular flexibility index (Phi) is 17.5. The van der Waals surface area contributed by atoms with E-state index in [0.717, 1.165) is 51.4 Å². The van der Waals surface area contributed by atoms with Gasteiger partial charge in [0.15, 0.2) is 0 Å². The summed E-state index contributed by atoms with van der Waals surface area (Å²) in [5, 5.41) is 10.2. The molecule has 0 saturated carbocycles. The lowest BCUT2D eigenvalue weighted by atomic mass is 10.1. The van der Waals surface area contributed by atoms with Crippen molar-refractivity contribution in [3.8, 4) is 0 Å². The molecule has 0 heterocycles. The van der Waals surface area contributed by atoms with Gasteiger partial charge in [0, 0.05) is 0 Å². The van der Waals surface area contributed by atoms with Crippen molar-refractivity contribution >= 4 is 5.91 Å². The van der Waals surface area contributed by atoms with Gasteiger partial charge in [0.2, 0.25) is 0 Å². The van der Waals surface area contributed by atoms with E-state index in [-0.39, 0.29) is 6.42 Å². The van der Waals surface area contributed by atoms with Gasteiger partial charge in [0.25, 0.3) is 0 Å². The number of unbranched alkanes of at least 4 members (excludes halogenated alkanes) is 3. The van der Waals surface area contributed by atoms with Crippen LogP contribution in [-0.4, -0.2) is 10.8 Å². The first kappa shape index (κ1) is 23.8. The van der Waals surface area contributed by atoms with Gasteiger partial charge in [0.1, 0.15) is 4.92 Å². The van der Waals surface area contributed by atoms with E-state index in [4.69, 9.17) is 0 Å². The van der Waals surface area contributed by atoms with Gasteiger partial charge in [-0.15, -0.1) is 0 Å². The minimum atomic E-state index is -0.875. The fraction of sp³-hybridized carbons (Fsp3) is 0.500. The van der Waals surface area contributed by atoms with Crippen molar-refractivity contribution < 1.29 is 9.72 Å². The molecule has 0 spiro atoms. The number of nitro groups is 1. The van der Waals surface area contributed by atoms with Crippen LogP contribution in [0.4, 0.5) is 0 Å². The summed E-state index contributed by atoms with van der Waals surface area (Å²) in [6, 6.07) is 0. The first-order chi connectivity index (χ1) is 12.7. The smallest absolute Gasteiger partial charge is 0.256 e. The maximum Gasteiger partial charge on any atom is 0.444 e. The molecule has 26 heavy (non-hydrogen) atoms. The minimum absolute atomic E-state index is 0.0542. The first-order valence-corrected chi connectivity index (χ1v) is 9.60. The van der Waals surface area contributed by atoms with E-state index in [1.807, 2.05) is 0 Å². The third-order valence-electron chi connectivity index (χ3n) is 3.62. The molecule has 0 radical (unpaired) electrons. The molecule has 0 N–H and O–H groups in total. The Morgan fingerprint density at radius 2 is 1.19 bits per heavy atom. The largest absolute Gasteiger partial charge is 0.444 e. The van der Waals surface area contributed by atoms with Crippen LogP contribution in [0.3, 0.4) is 0 Å². The number of hydrogen-bond donors (Lipinski definition) is 0. The van der Waals surface area contributed by atoms with E-state index in [0.29, 0.717) is 6.42 Å². The molecule has 144 valence electrons. The van der Waals surface area contributed by atoms with E-state index in [1.54, 1.807) is 0 Å². The summed E-state index contributed by atoms with van der Waals surface area (Å²) < 4.78 is 0. The summed E-state index contributed by atoms with van der Waals surface area (Å²) in [6.07, 6.45) is 30.1. The predicted octanol–water partition coefficient (Wildman–Crippen LogP) is 6.49. The Labute approximate surface area is 158 Å². The first-order valence-electron chi connectivity index (χ1n) is 9.60. The molecule has 0 fully saturated rings. The molecule has 0 saturated heterocycles. The normalized spacial score (nSPS) is 12.5. The molecule has 0 unspecified atom stereocenters. The fourth-order valence-electron chi connectivity index (χ4n) is 2.18. The van der Waals surface area contributed by atoms with Crippen LogP contribution >= 0.6 is 0 Å². The molecule has 4 heteroatoms. The minimum Gasteiger partial charge on any atom is -0.256 e. The van der Waals surface area contributed by atoms with Crippen molar-refractivity contribution in [2.75, 3.05) is 0 Å². The van der Waals surface area contributed by atoms with Crippen molar-refractivity contribution in [3.05, 3.63) is 70.9 Å². The van der Waals surface area contributed by atoms with Gasteiger partial charge in [-0.2, -0.15) is 0 Å². The van der Waals surface area contributed by atoms with E-state index < -0.39 is 10.8 Å². The monoisotopic (exact) mass is 359 g/mol. The lowest BCUT2D eigenvalue weighted by Crippen LogP contribution is -2.10. The Balaban J connectivity index is 3.47. The van der Waals surface area contributed by atoms with Gasteiger partial charge in [-0.1, -0.05) is 74.1 Å². The van der Waals surface area contributed by atoms with Crippen LogP contribution in [0.25, 0.3) is 0 Å². The molecule has 0 aromatic rings. The van der Waals surface area contributed by atoms with Crippen molar-refractivity contribution in [2.45, 2.75) is 71.1 Å². The van der Waals surface area contributed by atoms with Crippen molar-refractivity contribution in [3.63, 3.8) is 0 Å². The molecule has 4 nitrogen and oxygen atoms in total. The summed E-state index contributed by atoms with van der Waals surface area (Å²) in [4.78, 5) is 20.1. The number of allylic oxidation sites excluding steroid dienone is 10. The highest BCUT2D eigenvalue weighted by Gasteiger charge is 2.12. The summed E-state index contributed by atoms with van der Waals surface area (Å²) in [5.74, 6) is -0.875. The quantitative estimate of drug-likeness (QED) is 0.145. The van der Waals surface area contributed by atoms with Crippen LogP contribution < -0.4 is 0 Å². The van der Waals surface area contributed by atoms with Gasteiger partial charge in [0.05, 0.1) is 6.42 Å². The molecule has 0 rings (SSSR count). The van der Waals surface area contributed by atoms with Gasteiger partial charge in [-0.05, 0) is 51.4 Å². The fourth-order valence-corrected chi connectivity index (χ4v) is 2.18. The van der Waals surface area contributed by atoms with Crippen LogP contribution in [0.2, 0.25) is 0 Å². The van der Waals surface area contributed by atoms with Crippen LogP contribution in [0.1, 0.15) is 71.1 Å². The molecular formula is C22H33NO3. The van der Waals surface area contributed by atoms with E-state index >= 15 is 0 Å². The Morgan fingerprint density at radius 1 is 0.731 bits per heavy atom.